The van der Waals surface area contributed by atoms with Gasteiger partial charge in [-0.2, -0.15) is 0 Å². The number of rotatable bonds is 5. The van der Waals surface area contributed by atoms with Crippen molar-refractivity contribution in [1.82, 2.24) is 0 Å². The molecule has 2 rings (SSSR count). The SMILES string of the molecule is Cc1cc(C=O)ccc1N1CC[NH+](CCS(=O)(=O)[O-])CC1. The summed E-state index contributed by atoms with van der Waals surface area (Å²) in [7, 11) is -4.12. The van der Waals surface area contributed by atoms with E-state index in [-0.39, 0.29) is 5.75 Å². The Morgan fingerprint density at radius 3 is 2.52 bits per heavy atom. The molecule has 7 heteroatoms. The fraction of sp³-hybridized carbons (Fsp3) is 0.500. The van der Waals surface area contributed by atoms with Crippen molar-refractivity contribution in [2.75, 3.05) is 43.4 Å². The molecule has 0 aromatic heterocycles. The van der Waals surface area contributed by atoms with Crippen LogP contribution in [-0.4, -0.2) is 57.7 Å². The van der Waals surface area contributed by atoms with E-state index < -0.39 is 10.1 Å². The third kappa shape index (κ3) is 4.52. The maximum atomic E-state index is 10.8. The van der Waals surface area contributed by atoms with Crippen LogP contribution < -0.4 is 9.80 Å². The van der Waals surface area contributed by atoms with E-state index in [1.165, 1.54) is 0 Å². The zero-order valence-corrected chi connectivity index (χ0v) is 12.9. The van der Waals surface area contributed by atoms with Crippen LogP contribution in [0.4, 0.5) is 5.69 Å². The monoisotopic (exact) mass is 312 g/mol. The van der Waals surface area contributed by atoms with Crippen LogP contribution in [0.5, 0.6) is 0 Å². The molecule has 1 N–H and O–H groups in total. The molecule has 1 aliphatic rings. The molecule has 0 bridgehead atoms. The van der Waals surface area contributed by atoms with Crippen LogP contribution in [0.1, 0.15) is 15.9 Å². The van der Waals surface area contributed by atoms with Gasteiger partial charge in [-0.15, -0.1) is 0 Å². The molecule has 0 atom stereocenters. The van der Waals surface area contributed by atoms with E-state index in [1.54, 1.807) is 6.07 Å². The van der Waals surface area contributed by atoms with Crippen LogP contribution in [0, 0.1) is 6.92 Å². The topological polar surface area (TPSA) is 82.0 Å². The zero-order valence-electron chi connectivity index (χ0n) is 12.0. The summed E-state index contributed by atoms with van der Waals surface area (Å²) in [4.78, 5) is 14.1. The van der Waals surface area contributed by atoms with Gasteiger partial charge in [-0.25, -0.2) is 8.42 Å². The van der Waals surface area contributed by atoms with Crippen LogP contribution in [0.3, 0.4) is 0 Å². The van der Waals surface area contributed by atoms with E-state index in [9.17, 15) is 17.8 Å². The highest BCUT2D eigenvalue weighted by Crippen LogP contribution is 2.20. The minimum absolute atomic E-state index is 0.296. The minimum atomic E-state index is -4.12. The van der Waals surface area contributed by atoms with Crippen molar-refractivity contribution in [2.24, 2.45) is 0 Å². The summed E-state index contributed by atoms with van der Waals surface area (Å²) >= 11 is 0. The third-order valence-corrected chi connectivity index (χ3v) is 4.58. The fourth-order valence-electron chi connectivity index (χ4n) is 2.69. The molecule has 116 valence electrons. The van der Waals surface area contributed by atoms with E-state index in [4.69, 9.17) is 0 Å². The lowest BCUT2D eigenvalue weighted by atomic mass is 10.1. The van der Waals surface area contributed by atoms with Crippen molar-refractivity contribution in [1.29, 1.82) is 0 Å². The van der Waals surface area contributed by atoms with Gasteiger partial charge in [0.2, 0.25) is 0 Å². The number of nitrogens with one attached hydrogen (secondary N) is 1. The summed E-state index contributed by atoms with van der Waals surface area (Å²) < 4.78 is 32.0. The van der Waals surface area contributed by atoms with E-state index in [0.717, 1.165) is 48.6 Å². The number of carbonyl (C=O) groups excluding carboxylic acids is 1. The average molecular weight is 312 g/mol. The van der Waals surface area contributed by atoms with Gasteiger partial charge in [0.05, 0.1) is 38.5 Å². The number of aldehydes is 1. The Morgan fingerprint density at radius 1 is 1.33 bits per heavy atom. The summed E-state index contributed by atoms with van der Waals surface area (Å²) in [6.07, 6.45) is 0.836. The molecule has 1 saturated heterocycles. The lowest BCUT2D eigenvalue weighted by Crippen LogP contribution is -3.15. The van der Waals surface area contributed by atoms with Crippen LogP contribution in [-0.2, 0) is 10.1 Å². The average Bonchev–Trinajstić information content (AvgIpc) is 2.45. The molecule has 0 radical (unpaired) electrons. The number of aryl methyl sites for hydroxylation is 1. The lowest BCUT2D eigenvalue weighted by molar-refractivity contribution is -0.898. The van der Waals surface area contributed by atoms with Gasteiger partial charge >= 0.3 is 0 Å². The highest BCUT2D eigenvalue weighted by atomic mass is 32.2. The van der Waals surface area contributed by atoms with E-state index in [0.29, 0.717) is 12.1 Å². The Hall–Kier alpha value is -1.44. The standard InChI is InChI=1S/C14H20N2O4S/c1-12-10-13(11-17)2-3-14(12)16-6-4-15(5-7-16)8-9-21(18,19)20/h2-3,10-11H,4-9H2,1H3,(H,18,19,20). The van der Waals surface area contributed by atoms with Crippen molar-refractivity contribution in [3.63, 3.8) is 0 Å². The molecule has 1 heterocycles. The number of carbonyl (C=O) groups is 1. The molecule has 6 nitrogen and oxygen atoms in total. The predicted molar refractivity (Wildman–Crippen MR) is 78.9 cm³/mol. The second-order valence-electron chi connectivity index (χ2n) is 5.41. The largest absolute Gasteiger partial charge is 0.748 e. The summed E-state index contributed by atoms with van der Waals surface area (Å²) in [6.45, 7) is 5.61. The number of hydrogen-bond acceptors (Lipinski definition) is 5. The Labute approximate surface area is 125 Å². The first-order valence-electron chi connectivity index (χ1n) is 6.97. The quantitative estimate of drug-likeness (QED) is 0.560. The smallest absolute Gasteiger partial charge is 0.150 e. The molecular weight excluding hydrogens is 292 g/mol. The van der Waals surface area contributed by atoms with Crippen molar-refractivity contribution in [2.45, 2.75) is 6.92 Å². The molecule has 0 unspecified atom stereocenters. The third-order valence-electron chi connectivity index (χ3n) is 3.87. The summed E-state index contributed by atoms with van der Waals surface area (Å²) in [6, 6.07) is 5.62. The number of anilines is 1. The second-order valence-corrected chi connectivity index (χ2v) is 6.94. The Bertz CT molecular complexity index is 607. The highest BCUT2D eigenvalue weighted by Gasteiger charge is 2.21. The number of quaternary nitrogens is 1. The van der Waals surface area contributed by atoms with Gasteiger partial charge in [0.1, 0.15) is 16.4 Å². The van der Waals surface area contributed by atoms with Crippen molar-refractivity contribution in [3.8, 4) is 0 Å². The summed E-state index contributed by atoms with van der Waals surface area (Å²) in [5, 5.41) is 0. The van der Waals surface area contributed by atoms with Gasteiger partial charge in [-0.1, -0.05) is 0 Å². The normalized spacial score (nSPS) is 17.0. The zero-order chi connectivity index (χ0) is 15.5. The van der Waals surface area contributed by atoms with Crippen LogP contribution >= 0.6 is 0 Å². The van der Waals surface area contributed by atoms with Gasteiger partial charge in [-0.05, 0) is 30.7 Å². The van der Waals surface area contributed by atoms with Crippen molar-refractivity contribution >= 4 is 22.1 Å². The number of benzene rings is 1. The molecule has 1 aromatic carbocycles. The maximum Gasteiger partial charge on any atom is 0.150 e. The van der Waals surface area contributed by atoms with Gasteiger partial charge in [-0.3, -0.25) is 4.79 Å². The molecule has 1 fully saturated rings. The molecule has 1 aromatic rings. The Balaban J connectivity index is 1.93. The number of nitrogens with zero attached hydrogens (tertiary/aromatic N) is 1. The fourth-order valence-corrected chi connectivity index (χ4v) is 3.23. The van der Waals surface area contributed by atoms with E-state index in [1.807, 2.05) is 19.1 Å². The summed E-state index contributed by atoms with van der Waals surface area (Å²) in [5.41, 5.74) is 2.84. The first-order valence-corrected chi connectivity index (χ1v) is 8.55. The lowest BCUT2D eigenvalue weighted by Gasteiger charge is -2.34. The summed E-state index contributed by atoms with van der Waals surface area (Å²) in [5.74, 6) is -0.296. The number of piperazine rings is 1. The predicted octanol–water partition coefficient (Wildman–Crippen LogP) is -0.942. The molecular formula is C14H20N2O4S. The van der Waals surface area contributed by atoms with Crippen molar-refractivity contribution < 1.29 is 22.7 Å². The first-order chi connectivity index (χ1) is 9.89. The van der Waals surface area contributed by atoms with Gasteiger partial charge in [0.25, 0.3) is 0 Å². The van der Waals surface area contributed by atoms with Gasteiger partial charge in [0, 0.05) is 11.3 Å². The van der Waals surface area contributed by atoms with Crippen molar-refractivity contribution in [3.05, 3.63) is 29.3 Å². The number of hydrogen-bond donors (Lipinski definition) is 1. The van der Waals surface area contributed by atoms with Crippen LogP contribution in [0.15, 0.2) is 18.2 Å². The minimum Gasteiger partial charge on any atom is -0.748 e. The van der Waals surface area contributed by atoms with Crippen LogP contribution in [0.25, 0.3) is 0 Å². The first kappa shape index (κ1) is 15.9. The molecule has 0 aliphatic carbocycles. The molecule has 0 amide bonds. The molecule has 0 spiro atoms. The second kappa shape index (κ2) is 6.55. The molecule has 1 aliphatic heterocycles. The molecule has 21 heavy (non-hydrogen) atoms. The van der Waals surface area contributed by atoms with Gasteiger partial charge < -0.3 is 14.4 Å². The maximum absolute atomic E-state index is 10.8. The molecule has 0 saturated carbocycles. The Morgan fingerprint density at radius 2 is 2.00 bits per heavy atom. The van der Waals surface area contributed by atoms with Crippen LogP contribution in [0.2, 0.25) is 0 Å². The van der Waals surface area contributed by atoms with E-state index in [2.05, 4.69) is 4.90 Å². The van der Waals surface area contributed by atoms with Gasteiger partial charge in [0.15, 0.2) is 0 Å². The highest BCUT2D eigenvalue weighted by molar-refractivity contribution is 7.85. The Kier molecular flexibility index (Phi) is 4.97. The van der Waals surface area contributed by atoms with E-state index >= 15 is 0 Å².